The van der Waals surface area contributed by atoms with Gasteiger partial charge in [0.1, 0.15) is 5.70 Å². The summed E-state index contributed by atoms with van der Waals surface area (Å²) in [5.74, 6) is -0.567. The maximum atomic E-state index is 13.0. The third kappa shape index (κ3) is 3.69. The highest BCUT2D eigenvalue weighted by molar-refractivity contribution is 5.84. The molecule has 2 heterocycles. The number of amides is 1. The molecule has 1 saturated heterocycles. The molecule has 0 aromatic heterocycles. The van der Waals surface area contributed by atoms with Gasteiger partial charge in [-0.3, -0.25) is 4.79 Å². The molecule has 0 bridgehead atoms. The molecule has 2 rings (SSSR count). The Morgan fingerprint density at radius 2 is 2.04 bits per heavy atom. The minimum Gasteiger partial charge on any atom is -0.465 e. The fraction of sp³-hybridized carbons (Fsp3) is 0.533. The Bertz CT molecular complexity index is 549. The fourth-order valence-corrected chi connectivity index (χ4v) is 2.72. The number of carbonyl (C=O) groups is 1. The van der Waals surface area contributed by atoms with E-state index in [1.54, 1.807) is 0 Å². The van der Waals surface area contributed by atoms with Gasteiger partial charge in [-0.1, -0.05) is 12.7 Å². The summed E-state index contributed by atoms with van der Waals surface area (Å²) in [4.78, 5) is 13.8. The molecule has 2 aliphatic rings. The lowest BCUT2D eigenvalue weighted by Gasteiger charge is -2.40. The molecule has 1 fully saturated rings. The fourth-order valence-electron chi connectivity index (χ4n) is 2.72. The highest BCUT2D eigenvalue weighted by atomic mass is 19.4. The number of nitrogens with one attached hydrogen (secondary N) is 1. The molecule has 0 radical (unpaired) electrons. The molecule has 5 nitrogen and oxygen atoms in total. The average molecular weight is 331 g/mol. The number of nitrogens with zero attached hydrogens (tertiary/aromatic N) is 1. The van der Waals surface area contributed by atoms with Gasteiger partial charge in [-0.2, -0.15) is 13.2 Å². The van der Waals surface area contributed by atoms with Gasteiger partial charge in [-0.25, -0.2) is 0 Å². The van der Waals surface area contributed by atoms with Gasteiger partial charge in [0.2, 0.25) is 5.88 Å². The van der Waals surface area contributed by atoms with Gasteiger partial charge in [-0.05, 0) is 38.9 Å². The summed E-state index contributed by atoms with van der Waals surface area (Å²) in [5.41, 5.74) is 4.76. The maximum absolute atomic E-state index is 13.0. The van der Waals surface area contributed by atoms with Crippen LogP contribution in [0.25, 0.3) is 0 Å². The summed E-state index contributed by atoms with van der Waals surface area (Å²) in [6.45, 7) is 6.09. The molecule has 0 aromatic carbocycles. The van der Waals surface area contributed by atoms with Gasteiger partial charge in [0.05, 0.1) is 5.57 Å². The van der Waals surface area contributed by atoms with Crippen LogP contribution >= 0.6 is 0 Å². The predicted octanol–water partition coefficient (Wildman–Crippen LogP) is 1.79. The summed E-state index contributed by atoms with van der Waals surface area (Å²) < 4.78 is 44.2. The van der Waals surface area contributed by atoms with E-state index in [4.69, 9.17) is 10.5 Å². The van der Waals surface area contributed by atoms with Gasteiger partial charge in [0.25, 0.3) is 5.91 Å². The summed E-state index contributed by atoms with van der Waals surface area (Å²) in [6.07, 6.45) is -2.60. The van der Waals surface area contributed by atoms with Crippen molar-refractivity contribution in [3.05, 3.63) is 35.9 Å². The Labute approximate surface area is 132 Å². The lowest BCUT2D eigenvalue weighted by atomic mass is 10.0. The van der Waals surface area contributed by atoms with E-state index in [9.17, 15) is 18.0 Å². The van der Waals surface area contributed by atoms with E-state index in [0.29, 0.717) is 32.0 Å². The van der Waals surface area contributed by atoms with Crippen molar-refractivity contribution in [3.63, 3.8) is 0 Å². The molecular formula is C15H20F3N3O2. The SMILES string of the molecule is C=C/C(=C\C1=C(N)OC(C)C(=O)N1C1CCNCC1)C(F)(F)F. The van der Waals surface area contributed by atoms with E-state index in [1.807, 2.05) is 0 Å². The molecule has 1 unspecified atom stereocenters. The normalized spacial score (nSPS) is 24.7. The number of hydrogen-bond acceptors (Lipinski definition) is 4. The number of nitrogens with two attached hydrogens (primary N) is 1. The number of piperidine rings is 1. The van der Waals surface area contributed by atoms with Crippen LogP contribution < -0.4 is 11.1 Å². The molecule has 0 saturated carbocycles. The third-order valence-corrected chi connectivity index (χ3v) is 3.91. The number of carbonyl (C=O) groups excluding carboxylic acids is 1. The van der Waals surface area contributed by atoms with Crippen LogP contribution in [-0.4, -0.2) is 42.2 Å². The molecular weight excluding hydrogens is 311 g/mol. The summed E-state index contributed by atoms with van der Waals surface area (Å²) in [5, 5.41) is 3.15. The number of alkyl halides is 3. The Hall–Kier alpha value is -1.96. The lowest BCUT2D eigenvalue weighted by molar-refractivity contribution is -0.144. The second kappa shape index (κ2) is 6.66. The zero-order valence-electron chi connectivity index (χ0n) is 12.8. The lowest BCUT2D eigenvalue weighted by Crippen LogP contribution is -2.52. The Morgan fingerprint density at radius 3 is 2.57 bits per heavy atom. The summed E-state index contributed by atoms with van der Waals surface area (Å²) in [7, 11) is 0. The maximum Gasteiger partial charge on any atom is 0.416 e. The smallest absolute Gasteiger partial charge is 0.416 e. The average Bonchev–Trinajstić information content (AvgIpc) is 2.49. The van der Waals surface area contributed by atoms with E-state index >= 15 is 0 Å². The molecule has 128 valence electrons. The molecule has 2 aliphatic heterocycles. The van der Waals surface area contributed by atoms with E-state index in [1.165, 1.54) is 11.8 Å². The van der Waals surface area contributed by atoms with Crippen molar-refractivity contribution in [3.8, 4) is 0 Å². The molecule has 8 heteroatoms. The standard InChI is InChI=1S/C15H20F3N3O2/c1-3-10(15(16,17)18)8-12-13(19)23-9(2)14(22)21(12)11-4-6-20-7-5-11/h3,8-9,11,20H,1,4-7,19H2,2H3/b10-8+. The van der Waals surface area contributed by atoms with Crippen LogP contribution in [0.4, 0.5) is 13.2 Å². The molecule has 1 atom stereocenters. The zero-order valence-corrected chi connectivity index (χ0v) is 12.8. The Balaban J connectivity index is 2.46. The minimum absolute atomic E-state index is 0.0489. The summed E-state index contributed by atoms with van der Waals surface area (Å²) >= 11 is 0. The monoisotopic (exact) mass is 331 g/mol. The number of halogens is 3. The minimum atomic E-state index is -4.58. The topological polar surface area (TPSA) is 67.6 Å². The quantitative estimate of drug-likeness (QED) is 0.774. The van der Waals surface area contributed by atoms with Gasteiger partial charge in [0.15, 0.2) is 6.10 Å². The van der Waals surface area contributed by atoms with Crippen molar-refractivity contribution in [1.29, 1.82) is 0 Å². The molecule has 1 amide bonds. The van der Waals surface area contributed by atoms with Gasteiger partial charge in [-0.15, -0.1) is 0 Å². The first-order valence-electron chi connectivity index (χ1n) is 7.37. The largest absolute Gasteiger partial charge is 0.465 e. The van der Waals surface area contributed by atoms with Crippen LogP contribution in [0, 0.1) is 0 Å². The van der Waals surface area contributed by atoms with Crippen molar-refractivity contribution in [2.75, 3.05) is 13.1 Å². The first kappa shape index (κ1) is 17.4. The second-order valence-electron chi connectivity index (χ2n) is 5.50. The van der Waals surface area contributed by atoms with Crippen LogP contribution in [0.5, 0.6) is 0 Å². The van der Waals surface area contributed by atoms with E-state index in [-0.39, 0.29) is 23.5 Å². The number of hydrogen-bond donors (Lipinski definition) is 2. The van der Waals surface area contributed by atoms with Crippen LogP contribution in [0.15, 0.2) is 35.9 Å². The second-order valence-corrected chi connectivity index (χ2v) is 5.50. The van der Waals surface area contributed by atoms with E-state index < -0.39 is 17.9 Å². The van der Waals surface area contributed by atoms with Crippen molar-refractivity contribution in [2.24, 2.45) is 5.73 Å². The first-order chi connectivity index (χ1) is 10.8. The molecule has 0 spiro atoms. The highest BCUT2D eigenvalue weighted by Crippen LogP contribution is 2.32. The predicted molar refractivity (Wildman–Crippen MR) is 78.8 cm³/mol. The Morgan fingerprint density at radius 1 is 1.43 bits per heavy atom. The summed E-state index contributed by atoms with van der Waals surface area (Å²) in [6, 6.07) is -0.209. The number of allylic oxidation sites excluding steroid dienone is 3. The van der Waals surface area contributed by atoms with Crippen molar-refractivity contribution in [1.82, 2.24) is 10.2 Å². The van der Waals surface area contributed by atoms with Crippen LogP contribution in [0.3, 0.4) is 0 Å². The van der Waals surface area contributed by atoms with E-state index in [2.05, 4.69) is 11.9 Å². The van der Waals surface area contributed by atoms with Crippen LogP contribution in [0.2, 0.25) is 0 Å². The van der Waals surface area contributed by atoms with Crippen molar-refractivity contribution >= 4 is 5.91 Å². The molecule has 3 N–H and O–H groups in total. The molecule has 0 aromatic rings. The van der Waals surface area contributed by atoms with Crippen molar-refractivity contribution in [2.45, 2.75) is 38.1 Å². The molecule has 0 aliphatic carbocycles. The number of ether oxygens (including phenoxy) is 1. The third-order valence-electron chi connectivity index (χ3n) is 3.91. The Kier molecular flexibility index (Phi) is 5.03. The highest BCUT2D eigenvalue weighted by Gasteiger charge is 2.39. The van der Waals surface area contributed by atoms with Gasteiger partial charge in [0, 0.05) is 6.04 Å². The van der Waals surface area contributed by atoms with E-state index in [0.717, 1.165) is 6.08 Å². The molecule has 23 heavy (non-hydrogen) atoms. The van der Waals surface area contributed by atoms with Gasteiger partial charge >= 0.3 is 6.18 Å². The van der Waals surface area contributed by atoms with Gasteiger partial charge < -0.3 is 20.7 Å². The first-order valence-corrected chi connectivity index (χ1v) is 7.37. The van der Waals surface area contributed by atoms with Crippen LogP contribution in [0.1, 0.15) is 19.8 Å². The number of rotatable bonds is 3. The zero-order chi connectivity index (χ0) is 17.2. The van der Waals surface area contributed by atoms with Crippen molar-refractivity contribution < 1.29 is 22.7 Å². The van der Waals surface area contributed by atoms with Crippen LogP contribution in [-0.2, 0) is 9.53 Å².